The molecule has 0 saturated heterocycles. The molecule has 0 spiro atoms. The molecule has 2 heterocycles. The van der Waals surface area contributed by atoms with Crippen molar-refractivity contribution in [3.05, 3.63) is 73.8 Å². The summed E-state index contributed by atoms with van der Waals surface area (Å²) < 4.78 is 12.5. The number of ether oxygens (including phenoxy) is 2. The van der Waals surface area contributed by atoms with Crippen molar-refractivity contribution in [2.75, 3.05) is 20.8 Å². The number of methoxy groups -OCH3 is 2. The molecule has 2 aromatic carbocycles. The molecule has 156 valence electrons. The predicted molar refractivity (Wildman–Crippen MR) is 116 cm³/mol. The Kier molecular flexibility index (Phi) is 5.36. The molecular weight excluding hydrogens is 402 g/mol. The van der Waals surface area contributed by atoms with E-state index in [4.69, 9.17) is 21.7 Å². The number of aromatic amines is 1. The number of nitrogens with two attached hydrogens (primary N) is 1. The molecule has 4 rings (SSSR count). The maximum Gasteiger partial charge on any atom is 0.265 e. The fourth-order valence-electron chi connectivity index (χ4n) is 4.07. The lowest BCUT2D eigenvalue weighted by molar-refractivity contribution is -0.690. The summed E-state index contributed by atoms with van der Waals surface area (Å²) in [6, 6.07) is 11.0. The molecule has 7 nitrogen and oxygen atoms in total. The van der Waals surface area contributed by atoms with Gasteiger partial charge in [0.15, 0.2) is 16.3 Å². The molecule has 1 aliphatic rings. The topological polar surface area (TPSA) is 93.1 Å². The van der Waals surface area contributed by atoms with Crippen molar-refractivity contribution in [3.8, 4) is 23.1 Å². The van der Waals surface area contributed by atoms with Gasteiger partial charge in [-0.05, 0) is 54.5 Å². The average molecular weight is 427 g/mol. The van der Waals surface area contributed by atoms with Gasteiger partial charge in [-0.15, -0.1) is 0 Å². The van der Waals surface area contributed by atoms with Crippen molar-refractivity contribution >= 4 is 12.2 Å². The molecule has 1 aromatic heterocycles. The quantitative estimate of drug-likeness (QED) is 0.556. The van der Waals surface area contributed by atoms with E-state index in [1.54, 1.807) is 14.2 Å². The Balaban J connectivity index is 1.94. The number of aromatic nitrogens is 2. The van der Waals surface area contributed by atoms with E-state index >= 15 is 0 Å². The van der Waals surface area contributed by atoms with Crippen molar-refractivity contribution in [1.82, 2.24) is 9.55 Å². The number of aryl methyl sites for hydroxylation is 1. The Morgan fingerprint density at radius 3 is 2.63 bits per heavy atom. The Morgan fingerprint density at radius 1 is 1.20 bits per heavy atom. The summed E-state index contributed by atoms with van der Waals surface area (Å²) in [6.45, 7) is 2.73. The number of rotatable bonds is 4. The molecule has 3 aromatic rings. The van der Waals surface area contributed by atoms with Crippen LogP contribution in [0.3, 0.4) is 0 Å². The highest BCUT2D eigenvalue weighted by Crippen LogP contribution is 2.36. The average Bonchev–Trinajstić information content (AvgIpc) is 2.72. The molecule has 8 heteroatoms. The van der Waals surface area contributed by atoms with Gasteiger partial charge in [0.2, 0.25) is 5.88 Å². The van der Waals surface area contributed by atoms with Crippen LogP contribution in [0.15, 0.2) is 41.2 Å². The number of fused-ring (bicyclic) bond motifs is 1. The van der Waals surface area contributed by atoms with Crippen molar-refractivity contribution in [3.63, 3.8) is 0 Å². The van der Waals surface area contributed by atoms with Crippen LogP contribution in [0.1, 0.15) is 28.3 Å². The summed E-state index contributed by atoms with van der Waals surface area (Å²) in [6.07, 6.45) is 0.821. The summed E-state index contributed by atoms with van der Waals surface area (Å²) in [5.41, 5.74) is 3.55. The second kappa shape index (κ2) is 7.97. The van der Waals surface area contributed by atoms with E-state index in [0.29, 0.717) is 17.2 Å². The van der Waals surface area contributed by atoms with Crippen LogP contribution >= 0.6 is 12.2 Å². The minimum absolute atomic E-state index is 0.148. The molecule has 0 unspecified atom stereocenters. The SMILES string of the molecule is COc1cc2c(cc1OC)[C@@H](c1c(O)n(-c3cccc(C)c3)c(=S)[nH]c1=O)[NH2+]CC2. The first-order valence-corrected chi connectivity index (χ1v) is 10.1. The van der Waals surface area contributed by atoms with Gasteiger partial charge in [-0.1, -0.05) is 12.1 Å². The number of aromatic hydroxyl groups is 1. The molecule has 1 atom stereocenters. The molecule has 0 aliphatic carbocycles. The van der Waals surface area contributed by atoms with Crippen LogP contribution < -0.4 is 20.3 Å². The third kappa shape index (κ3) is 3.38. The largest absolute Gasteiger partial charge is 0.494 e. The van der Waals surface area contributed by atoms with Gasteiger partial charge in [-0.3, -0.25) is 14.3 Å². The van der Waals surface area contributed by atoms with Gasteiger partial charge < -0.3 is 19.9 Å². The number of H-pyrrole nitrogens is 1. The highest BCUT2D eigenvalue weighted by Gasteiger charge is 2.33. The van der Waals surface area contributed by atoms with Crippen molar-refractivity contribution in [2.24, 2.45) is 0 Å². The molecule has 0 bridgehead atoms. The molecule has 1 aliphatic heterocycles. The summed E-state index contributed by atoms with van der Waals surface area (Å²) >= 11 is 5.36. The fraction of sp³-hybridized carbons (Fsp3) is 0.273. The van der Waals surface area contributed by atoms with Crippen LogP contribution in [-0.4, -0.2) is 35.4 Å². The van der Waals surface area contributed by atoms with Gasteiger partial charge in [-0.2, -0.15) is 0 Å². The molecule has 0 saturated carbocycles. The van der Waals surface area contributed by atoms with E-state index in [0.717, 1.165) is 29.7 Å². The summed E-state index contributed by atoms with van der Waals surface area (Å²) in [5, 5.41) is 13.2. The number of benzene rings is 2. The predicted octanol–water partition coefficient (Wildman–Crippen LogP) is 2.14. The lowest BCUT2D eigenvalue weighted by Crippen LogP contribution is -2.87. The lowest BCUT2D eigenvalue weighted by atomic mass is 9.90. The van der Waals surface area contributed by atoms with Crippen LogP contribution in [-0.2, 0) is 6.42 Å². The zero-order valence-electron chi connectivity index (χ0n) is 17.1. The van der Waals surface area contributed by atoms with Gasteiger partial charge >= 0.3 is 0 Å². The first-order valence-electron chi connectivity index (χ1n) is 9.68. The normalized spacial score (nSPS) is 15.5. The third-order valence-electron chi connectivity index (χ3n) is 5.49. The molecular formula is C22H24N3O4S+. The Hall–Kier alpha value is -3.10. The van der Waals surface area contributed by atoms with E-state index < -0.39 is 11.6 Å². The monoisotopic (exact) mass is 426 g/mol. The van der Waals surface area contributed by atoms with Crippen molar-refractivity contribution in [1.29, 1.82) is 0 Å². The molecule has 4 N–H and O–H groups in total. The Morgan fingerprint density at radius 2 is 1.93 bits per heavy atom. The number of nitrogens with one attached hydrogen (secondary N) is 1. The van der Waals surface area contributed by atoms with Crippen molar-refractivity contribution < 1.29 is 19.9 Å². The second-order valence-electron chi connectivity index (χ2n) is 7.33. The maximum atomic E-state index is 12.9. The van der Waals surface area contributed by atoms with E-state index in [2.05, 4.69) is 4.98 Å². The maximum absolute atomic E-state index is 12.9. The Labute approximate surface area is 178 Å². The fourth-order valence-corrected chi connectivity index (χ4v) is 4.36. The zero-order valence-corrected chi connectivity index (χ0v) is 17.9. The van der Waals surface area contributed by atoms with Crippen molar-refractivity contribution in [2.45, 2.75) is 19.4 Å². The van der Waals surface area contributed by atoms with Gasteiger partial charge in [0.1, 0.15) is 11.6 Å². The minimum Gasteiger partial charge on any atom is -0.494 e. The number of hydrogen-bond acceptors (Lipinski definition) is 5. The highest BCUT2D eigenvalue weighted by atomic mass is 32.1. The first-order chi connectivity index (χ1) is 14.4. The number of hydrogen-bond donors (Lipinski definition) is 3. The van der Waals surface area contributed by atoms with Crippen LogP contribution in [0.25, 0.3) is 5.69 Å². The van der Waals surface area contributed by atoms with E-state index in [-0.39, 0.29) is 16.2 Å². The minimum atomic E-state index is -0.399. The van der Waals surface area contributed by atoms with Crippen LogP contribution in [0.2, 0.25) is 0 Å². The molecule has 30 heavy (non-hydrogen) atoms. The molecule has 0 radical (unpaired) electrons. The molecule has 0 fully saturated rings. The van der Waals surface area contributed by atoms with E-state index in [1.807, 2.05) is 48.6 Å². The Bertz CT molecular complexity index is 1230. The second-order valence-corrected chi connectivity index (χ2v) is 7.72. The summed E-state index contributed by atoms with van der Waals surface area (Å²) in [7, 11) is 3.17. The van der Waals surface area contributed by atoms with Gasteiger partial charge in [0.25, 0.3) is 5.56 Å². The lowest BCUT2D eigenvalue weighted by Gasteiger charge is -2.26. The van der Waals surface area contributed by atoms with Crippen LogP contribution in [0.4, 0.5) is 0 Å². The zero-order chi connectivity index (χ0) is 21.4. The summed E-state index contributed by atoms with van der Waals surface area (Å²) in [4.78, 5) is 15.7. The summed E-state index contributed by atoms with van der Waals surface area (Å²) in [5.74, 6) is 1.07. The van der Waals surface area contributed by atoms with E-state index in [1.165, 1.54) is 4.57 Å². The van der Waals surface area contributed by atoms with Crippen LogP contribution in [0.5, 0.6) is 17.4 Å². The van der Waals surface area contributed by atoms with Gasteiger partial charge in [-0.25, -0.2) is 0 Å². The van der Waals surface area contributed by atoms with Crippen LogP contribution in [0, 0.1) is 11.7 Å². The standard InChI is InChI=1S/C22H23N3O4S/c1-12-5-4-6-14(9-12)25-21(27)18(20(26)24-22(25)30)19-15-11-17(29-3)16(28-2)10-13(15)7-8-23-19/h4-6,9-11,19,23,27H,7-8H2,1-3H3,(H,24,26,30)/p+1/t19-/m0/s1. The number of nitrogens with zero attached hydrogens (tertiary/aromatic N) is 1. The first kappa shape index (κ1) is 20.2. The smallest absolute Gasteiger partial charge is 0.265 e. The van der Waals surface area contributed by atoms with Gasteiger partial charge in [0.05, 0.1) is 26.5 Å². The molecule has 0 amide bonds. The van der Waals surface area contributed by atoms with Gasteiger partial charge in [0, 0.05) is 12.0 Å². The van der Waals surface area contributed by atoms with E-state index in [9.17, 15) is 9.90 Å². The third-order valence-corrected chi connectivity index (χ3v) is 5.77. The highest BCUT2D eigenvalue weighted by molar-refractivity contribution is 7.71. The number of quaternary nitrogens is 1.